The van der Waals surface area contributed by atoms with Crippen LogP contribution in [-0.2, 0) is 14.3 Å². The van der Waals surface area contributed by atoms with Crippen molar-refractivity contribution in [3.8, 4) is 0 Å². The van der Waals surface area contributed by atoms with Crippen molar-refractivity contribution in [2.75, 3.05) is 5.32 Å². The summed E-state index contributed by atoms with van der Waals surface area (Å²) < 4.78 is 5.52. The maximum atomic E-state index is 14.7. The molecule has 0 bridgehead atoms. The summed E-state index contributed by atoms with van der Waals surface area (Å²) in [6.07, 6.45) is 0.522. The fourth-order valence-electron chi connectivity index (χ4n) is 4.78. The number of rotatable bonds is 10. The van der Waals surface area contributed by atoms with Gasteiger partial charge in [0.2, 0.25) is 5.91 Å². The molecule has 0 saturated heterocycles. The molecular formula is C33H48ClN3O4. The van der Waals surface area contributed by atoms with Crippen LogP contribution < -0.4 is 10.6 Å². The highest BCUT2D eigenvalue weighted by Gasteiger charge is 2.44. The summed E-state index contributed by atoms with van der Waals surface area (Å²) >= 11 is 6.50. The number of benzene rings is 2. The van der Waals surface area contributed by atoms with Crippen LogP contribution in [-0.4, -0.2) is 40.0 Å². The Morgan fingerprint density at radius 1 is 0.976 bits per heavy atom. The van der Waals surface area contributed by atoms with Gasteiger partial charge < -0.3 is 20.3 Å². The molecule has 2 aromatic carbocycles. The van der Waals surface area contributed by atoms with Crippen LogP contribution in [0.4, 0.5) is 10.5 Å². The van der Waals surface area contributed by atoms with E-state index >= 15 is 0 Å². The monoisotopic (exact) mass is 585 g/mol. The first-order valence-electron chi connectivity index (χ1n) is 14.4. The second-order valence-electron chi connectivity index (χ2n) is 12.6. The van der Waals surface area contributed by atoms with Gasteiger partial charge >= 0.3 is 6.09 Å². The molecule has 0 aliphatic rings. The molecule has 0 fully saturated rings. The first kappa shape index (κ1) is 34.1. The van der Waals surface area contributed by atoms with Crippen molar-refractivity contribution in [3.05, 3.63) is 63.7 Å². The van der Waals surface area contributed by atoms with Gasteiger partial charge in [0.1, 0.15) is 17.7 Å². The molecule has 226 valence electrons. The number of nitrogens with one attached hydrogen (secondary N) is 2. The van der Waals surface area contributed by atoms with Gasteiger partial charge in [-0.25, -0.2) is 4.79 Å². The Morgan fingerprint density at radius 2 is 1.56 bits per heavy atom. The second-order valence-corrected chi connectivity index (χ2v) is 13.0. The fourth-order valence-corrected chi connectivity index (χ4v) is 5.05. The van der Waals surface area contributed by atoms with Crippen LogP contribution in [0, 0.1) is 26.7 Å². The zero-order chi connectivity index (χ0) is 31.3. The first-order chi connectivity index (χ1) is 18.9. The molecule has 0 aliphatic heterocycles. The number of halogens is 1. The van der Waals surface area contributed by atoms with Gasteiger partial charge in [0.15, 0.2) is 0 Å². The Morgan fingerprint density at radius 3 is 2.05 bits per heavy atom. The van der Waals surface area contributed by atoms with Crippen LogP contribution in [0.2, 0.25) is 5.02 Å². The fraction of sp³-hybridized carbons (Fsp3) is 0.545. The maximum Gasteiger partial charge on any atom is 0.408 e. The highest BCUT2D eigenvalue weighted by atomic mass is 35.5. The van der Waals surface area contributed by atoms with Crippen LogP contribution in [0.5, 0.6) is 0 Å². The van der Waals surface area contributed by atoms with Gasteiger partial charge in [0.05, 0.1) is 10.7 Å². The molecule has 3 unspecified atom stereocenters. The van der Waals surface area contributed by atoms with Crippen LogP contribution in [0.3, 0.4) is 0 Å². The third-order valence-corrected chi connectivity index (χ3v) is 7.76. The number of carbonyl (C=O) groups is 3. The molecule has 2 rings (SSSR count). The Balaban J connectivity index is 2.75. The van der Waals surface area contributed by atoms with Crippen molar-refractivity contribution in [1.29, 1.82) is 0 Å². The number of nitrogens with zero attached hydrogens (tertiary/aromatic N) is 1. The van der Waals surface area contributed by atoms with E-state index in [1.807, 2.05) is 85.7 Å². The van der Waals surface area contributed by atoms with E-state index in [-0.39, 0.29) is 17.7 Å². The van der Waals surface area contributed by atoms with E-state index in [4.69, 9.17) is 16.3 Å². The molecule has 0 saturated carbocycles. The number of amides is 3. The lowest BCUT2D eigenvalue weighted by Crippen LogP contribution is -2.60. The van der Waals surface area contributed by atoms with E-state index in [0.29, 0.717) is 29.1 Å². The van der Waals surface area contributed by atoms with E-state index in [9.17, 15) is 14.4 Å². The van der Waals surface area contributed by atoms with Crippen molar-refractivity contribution in [2.45, 2.75) is 112 Å². The topological polar surface area (TPSA) is 87.7 Å². The summed E-state index contributed by atoms with van der Waals surface area (Å²) in [6.45, 7) is 20.9. The van der Waals surface area contributed by atoms with Gasteiger partial charge in [-0.15, -0.1) is 0 Å². The largest absolute Gasteiger partial charge is 0.444 e. The minimum Gasteiger partial charge on any atom is -0.444 e. The van der Waals surface area contributed by atoms with Gasteiger partial charge in [-0.05, 0) is 84.9 Å². The Kier molecular flexibility index (Phi) is 11.4. The van der Waals surface area contributed by atoms with E-state index in [2.05, 4.69) is 10.6 Å². The lowest BCUT2D eigenvalue weighted by Gasteiger charge is -2.45. The van der Waals surface area contributed by atoms with Crippen molar-refractivity contribution in [2.24, 2.45) is 5.92 Å². The quantitative estimate of drug-likeness (QED) is 0.296. The lowest BCUT2D eigenvalue weighted by atomic mass is 9.88. The highest BCUT2D eigenvalue weighted by Crippen LogP contribution is 2.36. The van der Waals surface area contributed by atoms with Gasteiger partial charge in [-0.2, -0.15) is 0 Å². The molecule has 0 aromatic heterocycles. The third-order valence-electron chi connectivity index (χ3n) is 7.44. The molecule has 41 heavy (non-hydrogen) atoms. The molecule has 3 amide bonds. The zero-order valence-corrected chi connectivity index (χ0v) is 27.3. The standard InChI is InChI=1S/C33H48ClN3O4/c1-12-22(5)27(36-31(40)41-32(7,8)9)30(39)37(33(10,11)13-2)28(24-18-20(3)17-21(4)19-24)29(38)35-26-23(6)15-14-16-25(26)34/h14-19,22,27-28H,12-13H2,1-11H3,(H,35,38)(H,36,40). The van der Waals surface area contributed by atoms with E-state index in [1.165, 1.54) is 0 Å². The molecule has 0 spiro atoms. The van der Waals surface area contributed by atoms with Crippen LogP contribution in [0.1, 0.15) is 96.5 Å². The zero-order valence-electron chi connectivity index (χ0n) is 26.6. The number of carbonyl (C=O) groups excluding carboxylic acids is 3. The molecule has 3 atom stereocenters. The number of hydrogen-bond acceptors (Lipinski definition) is 4. The lowest BCUT2D eigenvalue weighted by molar-refractivity contribution is -0.148. The number of anilines is 1. The van der Waals surface area contributed by atoms with Gasteiger partial charge in [-0.3, -0.25) is 9.59 Å². The van der Waals surface area contributed by atoms with E-state index in [0.717, 1.165) is 16.7 Å². The normalized spacial score (nSPS) is 14.0. The van der Waals surface area contributed by atoms with Gasteiger partial charge in [0.25, 0.3) is 5.91 Å². The molecule has 8 heteroatoms. The number of ether oxygens (including phenoxy) is 1. The average Bonchev–Trinajstić information content (AvgIpc) is 2.85. The predicted octanol–water partition coefficient (Wildman–Crippen LogP) is 7.90. The minimum atomic E-state index is -1.00. The Labute approximate surface area is 251 Å². The van der Waals surface area contributed by atoms with E-state index in [1.54, 1.807) is 31.7 Å². The summed E-state index contributed by atoms with van der Waals surface area (Å²) in [5, 5.41) is 6.27. The van der Waals surface area contributed by atoms with Gasteiger partial charge in [-0.1, -0.05) is 80.3 Å². The van der Waals surface area contributed by atoms with Crippen molar-refractivity contribution in [3.63, 3.8) is 0 Å². The molecular weight excluding hydrogens is 538 g/mol. The molecule has 7 nitrogen and oxygen atoms in total. The van der Waals surface area contributed by atoms with E-state index < -0.39 is 29.3 Å². The summed E-state index contributed by atoms with van der Waals surface area (Å²) in [5.74, 6) is -0.965. The average molecular weight is 586 g/mol. The van der Waals surface area contributed by atoms with Crippen LogP contribution in [0.15, 0.2) is 36.4 Å². The molecule has 0 radical (unpaired) electrons. The summed E-state index contributed by atoms with van der Waals surface area (Å²) in [5.41, 5.74) is 2.44. The van der Waals surface area contributed by atoms with Crippen LogP contribution >= 0.6 is 11.6 Å². The van der Waals surface area contributed by atoms with Crippen molar-refractivity contribution >= 4 is 35.2 Å². The highest BCUT2D eigenvalue weighted by molar-refractivity contribution is 6.34. The SMILES string of the molecule is CCC(C)C(NC(=O)OC(C)(C)C)C(=O)N(C(C(=O)Nc1c(C)cccc1Cl)c1cc(C)cc(C)c1)C(C)(C)CC. The maximum absolute atomic E-state index is 14.7. The second kappa shape index (κ2) is 13.7. The first-order valence-corrected chi connectivity index (χ1v) is 14.8. The Hall–Kier alpha value is -3.06. The Bertz CT molecular complexity index is 1210. The molecule has 0 heterocycles. The minimum absolute atomic E-state index is 0.223. The number of alkyl carbamates (subject to hydrolysis) is 1. The number of hydrogen-bond donors (Lipinski definition) is 2. The number of aryl methyl sites for hydroxylation is 3. The van der Waals surface area contributed by atoms with Gasteiger partial charge in [0, 0.05) is 5.54 Å². The van der Waals surface area contributed by atoms with Crippen molar-refractivity contribution < 1.29 is 19.1 Å². The summed E-state index contributed by atoms with van der Waals surface area (Å²) in [6, 6.07) is 9.39. The van der Waals surface area contributed by atoms with Crippen molar-refractivity contribution in [1.82, 2.24) is 10.2 Å². The predicted molar refractivity (Wildman–Crippen MR) is 167 cm³/mol. The number of para-hydroxylation sites is 1. The smallest absolute Gasteiger partial charge is 0.408 e. The molecule has 2 N–H and O–H groups in total. The third kappa shape index (κ3) is 8.96. The summed E-state index contributed by atoms with van der Waals surface area (Å²) in [4.78, 5) is 43.6. The molecule has 2 aromatic rings. The summed E-state index contributed by atoms with van der Waals surface area (Å²) in [7, 11) is 0. The van der Waals surface area contributed by atoms with Crippen LogP contribution in [0.25, 0.3) is 0 Å². The molecule has 0 aliphatic carbocycles.